The number of carbonyl (C=O) groups is 1. The Morgan fingerprint density at radius 1 is 1.14 bits per heavy atom. The van der Waals surface area contributed by atoms with Crippen molar-refractivity contribution in [3.05, 3.63) is 69.2 Å². The number of carbonyl (C=O) groups excluding carboxylic acids is 1. The zero-order valence-corrected chi connectivity index (χ0v) is 13.3. The molecule has 2 rings (SSSR count). The molecule has 4 heteroatoms. The molecule has 110 valence electrons. The van der Waals surface area contributed by atoms with Crippen LogP contribution in [-0.2, 0) is 6.42 Å². The van der Waals surface area contributed by atoms with E-state index >= 15 is 0 Å². The highest BCUT2D eigenvalue weighted by atomic mass is 35.5. The quantitative estimate of drug-likeness (QED) is 0.797. The van der Waals surface area contributed by atoms with Crippen LogP contribution in [0.1, 0.15) is 27.9 Å². The number of hydrogen-bond donors (Lipinski definition) is 1. The van der Waals surface area contributed by atoms with E-state index in [2.05, 4.69) is 36.5 Å². The van der Waals surface area contributed by atoms with E-state index in [-0.39, 0.29) is 5.91 Å². The molecule has 0 radical (unpaired) electrons. The van der Waals surface area contributed by atoms with E-state index in [9.17, 15) is 4.79 Å². The lowest BCUT2D eigenvalue weighted by Crippen LogP contribution is -2.25. The van der Waals surface area contributed by atoms with Crippen molar-refractivity contribution in [1.82, 2.24) is 5.32 Å². The Morgan fingerprint density at radius 3 is 2.67 bits per heavy atom. The maximum Gasteiger partial charge on any atom is 0.252 e. The average Bonchev–Trinajstić information content (AvgIpc) is 2.43. The number of nitrogens with one attached hydrogen (secondary N) is 1. The predicted octanol–water partition coefficient (Wildman–Crippen LogP) is 4.66. The first-order valence-corrected chi connectivity index (χ1v) is 7.60. The SMILES string of the molecule is Cc1cccc(CCCNC(=O)c2ccc(Cl)cc2Cl)c1. The van der Waals surface area contributed by atoms with Crippen LogP contribution in [0, 0.1) is 6.92 Å². The smallest absolute Gasteiger partial charge is 0.252 e. The number of halogens is 2. The van der Waals surface area contributed by atoms with Gasteiger partial charge in [0, 0.05) is 11.6 Å². The summed E-state index contributed by atoms with van der Waals surface area (Å²) < 4.78 is 0. The van der Waals surface area contributed by atoms with Gasteiger partial charge in [-0.2, -0.15) is 0 Å². The standard InChI is InChI=1S/C17H17Cl2NO/c1-12-4-2-5-13(10-12)6-3-9-20-17(21)15-8-7-14(18)11-16(15)19/h2,4-5,7-8,10-11H,3,6,9H2,1H3,(H,20,21). The lowest BCUT2D eigenvalue weighted by atomic mass is 10.1. The Hall–Kier alpha value is -1.51. The summed E-state index contributed by atoms with van der Waals surface area (Å²) >= 11 is 11.8. The van der Waals surface area contributed by atoms with Gasteiger partial charge < -0.3 is 5.32 Å². The highest BCUT2D eigenvalue weighted by Crippen LogP contribution is 2.20. The third kappa shape index (κ3) is 4.76. The van der Waals surface area contributed by atoms with Crippen LogP contribution in [0.3, 0.4) is 0 Å². The number of rotatable bonds is 5. The highest BCUT2D eigenvalue weighted by molar-refractivity contribution is 6.36. The molecule has 0 fully saturated rings. The van der Waals surface area contributed by atoms with Crippen LogP contribution in [0.5, 0.6) is 0 Å². The Bertz CT molecular complexity index is 640. The van der Waals surface area contributed by atoms with Gasteiger partial charge in [-0.25, -0.2) is 0 Å². The topological polar surface area (TPSA) is 29.1 Å². The van der Waals surface area contributed by atoms with E-state index in [0.29, 0.717) is 22.2 Å². The van der Waals surface area contributed by atoms with Crippen LogP contribution in [-0.4, -0.2) is 12.5 Å². The Morgan fingerprint density at radius 2 is 1.95 bits per heavy atom. The molecule has 21 heavy (non-hydrogen) atoms. The molecule has 0 saturated carbocycles. The van der Waals surface area contributed by atoms with Crippen LogP contribution in [0.15, 0.2) is 42.5 Å². The number of benzene rings is 2. The highest BCUT2D eigenvalue weighted by Gasteiger charge is 2.09. The maximum atomic E-state index is 12.0. The number of hydrogen-bond acceptors (Lipinski definition) is 1. The Labute approximate surface area is 135 Å². The van der Waals surface area contributed by atoms with Gasteiger partial charge in [0.15, 0.2) is 0 Å². The first-order valence-electron chi connectivity index (χ1n) is 6.85. The molecule has 0 aliphatic heterocycles. The van der Waals surface area contributed by atoms with Gasteiger partial charge in [0.2, 0.25) is 0 Å². The average molecular weight is 322 g/mol. The van der Waals surface area contributed by atoms with Crippen molar-refractivity contribution in [2.75, 3.05) is 6.54 Å². The van der Waals surface area contributed by atoms with Gasteiger partial charge in [-0.1, -0.05) is 53.0 Å². The lowest BCUT2D eigenvalue weighted by Gasteiger charge is -2.07. The summed E-state index contributed by atoms with van der Waals surface area (Å²) in [6.45, 7) is 2.69. The van der Waals surface area contributed by atoms with Gasteiger partial charge in [0.25, 0.3) is 5.91 Å². The minimum atomic E-state index is -0.166. The van der Waals surface area contributed by atoms with Crippen molar-refractivity contribution in [2.24, 2.45) is 0 Å². The second-order valence-electron chi connectivity index (χ2n) is 4.97. The fraction of sp³-hybridized carbons (Fsp3) is 0.235. The largest absolute Gasteiger partial charge is 0.352 e. The summed E-state index contributed by atoms with van der Waals surface area (Å²) in [5.74, 6) is -0.166. The molecule has 1 N–H and O–H groups in total. The summed E-state index contributed by atoms with van der Waals surface area (Å²) in [6.07, 6.45) is 1.83. The first-order chi connectivity index (χ1) is 10.1. The van der Waals surface area contributed by atoms with E-state index in [1.54, 1.807) is 18.2 Å². The van der Waals surface area contributed by atoms with E-state index < -0.39 is 0 Å². The first kappa shape index (κ1) is 15.9. The van der Waals surface area contributed by atoms with Gasteiger partial charge in [0.05, 0.1) is 10.6 Å². The van der Waals surface area contributed by atoms with Crippen LogP contribution in [0.25, 0.3) is 0 Å². The molecular weight excluding hydrogens is 305 g/mol. The second-order valence-corrected chi connectivity index (χ2v) is 5.82. The maximum absolute atomic E-state index is 12.0. The summed E-state index contributed by atoms with van der Waals surface area (Å²) in [5.41, 5.74) is 3.00. The van der Waals surface area contributed by atoms with Gasteiger partial charge in [-0.05, 0) is 43.5 Å². The zero-order chi connectivity index (χ0) is 15.2. The van der Waals surface area contributed by atoms with Crippen LogP contribution < -0.4 is 5.32 Å². The zero-order valence-electron chi connectivity index (χ0n) is 11.8. The van der Waals surface area contributed by atoms with E-state index in [1.165, 1.54) is 11.1 Å². The molecule has 0 atom stereocenters. The summed E-state index contributed by atoms with van der Waals surface area (Å²) in [4.78, 5) is 12.0. The molecule has 0 heterocycles. The minimum absolute atomic E-state index is 0.166. The molecule has 0 saturated heterocycles. The molecule has 0 aliphatic rings. The Balaban J connectivity index is 1.82. The van der Waals surface area contributed by atoms with Crippen molar-refractivity contribution in [1.29, 1.82) is 0 Å². The van der Waals surface area contributed by atoms with Crippen molar-refractivity contribution in [3.8, 4) is 0 Å². The lowest BCUT2D eigenvalue weighted by molar-refractivity contribution is 0.0953. The summed E-state index contributed by atoms with van der Waals surface area (Å²) in [7, 11) is 0. The summed E-state index contributed by atoms with van der Waals surface area (Å²) in [6, 6.07) is 13.3. The monoisotopic (exact) mass is 321 g/mol. The fourth-order valence-electron chi connectivity index (χ4n) is 2.13. The molecule has 2 nitrogen and oxygen atoms in total. The van der Waals surface area contributed by atoms with Crippen molar-refractivity contribution in [2.45, 2.75) is 19.8 Å². The molecule has 0 spiro atoms. The van der Waals surface area contributed by atoms with E-state index in [1.807, 2.05) is 0 Å². The van der Waals surface area contributed by atoms with Gasteiger partial charge in [0.1, 0.15) is 0 Å². The molecule has 2 aromatic rings. The molecule has 0 aromatic heterocycles. The van der Waals surface area contributed by atoms with E-state index in [0.717, 1.165) is 12.8 Å². The van der Waals surface area contributed by atoms with Crippen LogP contribution in [0.4, 0.5) is 0 Å². The Kier molecular flexibility index (Phi) is 5.66. The number of aryl methyl sites for hydroxylation is 2. The molecule has 0 unspecified atom stereocenters. The predicted molar refractivity (Wildman–Crippen MR) is 88.3 cm³/mol. The third-order valence-electron chi connectivity index (χ3n) is 3.19. The van der Waals surface area contributed by atoms with Crippen molar-refractivity contribution >= 4 is 29.1 Å². The van der Waals surface area contributed by atoms with Crippen molar-refractivity contribution in [3.63, 3.8) is 0 Å². The van der Waals surface area contributed by atoms with Gasteiger partial charge in [-0.3, -0.25) is 4.79 Å². The van der Waals surface area contributed by atoms with Crippen LogP contribution >= 0.6 is 23.2 Å². The fourth-order valence-corrected chi connectivity index (χ4v) is 2.63. The minimum Gasteiger partial charge on any atom is -0.352 e. The van der Waals surface area contributed by atoms with Gasteiger partial charge >= 0.3 is 0 Å². The second kappa shape index (κ2) is 7.48. The normalized spacial score (nSPS) is 10.4. The van der Waals surface area contributed by atoms with Crippen molar-refractivity contribution < 1.29 is 4.79 Å². The third-order valence-corrected chi connectivity index (χ3v) is 3.73. The molecule has 0 bridgehead atoms. The van der Waals surface area contributed by atoms with Crippen LogP contribution in [0.2, 0.25) is 10.0 Å². The van der Waals surface area contributed by atoms with Gasteiger partial charge in [-0.15, -0.1) is 0 Å². The molecule has 0 aliphatic carbocycles. The molecule has 2 aromatic carbocycles. The molecule has 1 amide bonds. The van der Waals surface area contributed by atoms with E-state index in [4.69, 9.17) is 23.2 Å². The summed E-state index contributed by atoms with van der Waals surface area (Å²) in [5, 5.41) is 3.78. The number of amides is 1. The molecular formula is C17H17Cl2NO.